The molecule has 0 aliphatic carbocycles. The highest BCUT2D eigenvalue weighted by molar-refractivity contribution is 6.31. The molecule has 0 spiro atoms. The maximum Gasteiger partial charge on any atom is 0.415 e. The summed E-state index contributed by atoms with van der Waals surface area (Å²) in [6, 6.07) is 5.41. The van der Waals surface area contributed by atoms with Crippen molar-refractivity contribution in [2.75, 3.05) is 13.6 Å². The summed E-state index contributed by atoms with van der Waals surface area (Å²) in [7, 11) is 1.86. The lowest BCUT2D eigenvalue weighted by Crippen LogP contribution is -2.29. The Morgan fingerprint density at radius 3 is 2.72 bits per heavy atom. The van der Waals surface area contributed by atoms with Crippen LogP contribution in [0.4, 0.5) is 17.6 Å². The number of nitrogens with zero attached hydrogens (tertiary/aromatic N) is 2. The number of benzene rings is 1. The van der Waals surface area contributed by atoms with Gasteiger partial charge in [-0.25, -0.2) is 4.39 Å². The number of aromatic nitrogens is 1. The van der Waals surface area contributed by atoms with Crippen LogP contribution >= 0.6 is 11.6 Å². The van der Waals surface area contributed by atoms with Gasteiger partial charge >= 0.3 is 6.18 Å². The number of nitrogens with two attached hydrogens (primary N) is 1. The zero-order valence-electron chi connectivity index (χ0n) is 15.9. The van der Waals surface area contributed by atoms with Gasteiger partial charge in [0.2, 0.25) is 0 Å². The molecule has 0 saturated heterocycles. The summed E-state index contributed by atoms with van der Waals surface area (Å²) in [5.41, 5.74) is 7.47. The van der Waals surface area contributed by atoms with Crippen LogP contribution in [0.25, 0.3) is 10.9 Å². The molecular formula is C21H22ClF4N3. The topological polar surface area (TPSA) is 34.2 Å². The number of aryl methyl sites for hydroxylation is 1. The summed E-state index contributed by atoms with van der Waals surface area (Å²) in [4.78, 5) is 1.91. The Labute approximate surface area is 171 Å². The van der Waals surface area contributed by atoms with E-state index in [1.165, 1.54) is 12.3 Å². The van der Waals surface area contributed by atoms with E-state index >= 15 is 0 Å². The van der Waals surface area contributed by atoms with E-state index in [9.17, 15) is 17.6 Å². The van der Waals surface area contributed by atoms with Crippen molar-refractivity contribution in [1.29, 1.82) is 0 Å². The molecule has 2 N–H and O–H groups in total. The van der Waals surface area contributed by atoms with Crippen LogP contribution in [0.15, 0.2) is 54.3 Å². The summed E-state index contributed by atoms with van der Waals surface area (Å²) in [6.45, 7) is 4.27. The molecular weight excluding hydrogens is 406 g/mol. The van der Waals surface area contributed by atoms with Crippen LogP contribution < -0.4 is 5.73 Å². The normalized spacial score (nSPS) is 18.6. The summed E-state index contributed by atoms with van der Waals surface area (Å²) < 4.78 is 54.7. The van der Waals surface area contributed by atoms with Gasteiger partial charge in [0.15, 0.2) is 6.17 Å². The fourth-order valence-corrected chi connectivity index (χ4v) is 3.81. The van der Waals surface area contributed by atoms with Gasteiger partial charge < -0.3 is 10.3 Å². The van der Waals surface area contributed by atoms with Gasteiger partial charge in [-0.15, -0.1) is 0 Å². The lowest BCUT2D eigenvalue weighted by atomic mass is 10.0. The molecule has 1 aromatic heterocycles. The fourth-order valence-electron chi connectivity index (χ4n) is 3.64. The Morgan fingerprint density at radius 1 is 1.34 bits per heavy atom. The van der Waals surface area contributed by atoms with Crippen LogP contribution in [0.1, 0.15) is 23.8 Å². The second-order valence-electron chi connectivity index (χ2n) is 7.19. The molecule has 0 bridgehead atoms. The van der Waals surface area contributed by atoms with Crippen molar-refractivity contribution in [2.45, 2.75) is 31.9 Å². The number of hydrogen-bond donors (Lipinski definition) is 1. The Kier molecular flexibility index (Phi) is 6.10. The van der Waals surface area contributed by atoms with Crippen molar-refractivity contribution < 1.29 is 17.6 Å². The van der Waals surface area contributed by atoms with Crippen LogP contribution in [0.3, 0.4) is 0 Å². The van der Waals surface area contributed by atoms with E-state index in [0.29, 0.717) is 35.8 Å². The number of rotatable bonds is 5. The molecule has 2 aromatic rings. The Hall–Kier alpha value is -2.25. The maximum absolute atomic E-state index is 14.9. The third-order valence-corrected chi connectivity index (χ3v) is 5.31. The van der Waals surface area contributed by atoms with Gasteiger partial charge in [-0.05, 0) is 49.0 Å². The summed E-state index contributed by atoms with van der Waals surface area (Å²) in [5.74, 6) is 0. The predicted octanol–water partition coefficient (Wildman–Crippen LogP) is 5.66. The zero-order valence-corrected chi connectivity index (χ0v) is 16.7. The molecule has 0 saturated carbocycles. The minimum absolute atomic E-state index is 0.280. The number of halogens is 5. The number of hydrogen-bond acceptors (Lipinski definition) is 2. The summed E-state index contributed by atoms with van der Waals surface area (Å²) >= 11 is 6.15. The number of likely N-dealkylation sites (N-methyl/N-ethyl adjacent to an activating group) is 1. The molecule has 1 atom stereocenters. The number of allylic oxidation sites excluding steroid dienone is 4. The van der Waals surface area contributed by atoms with Crippen LogP contribution in [-0.4, -0.2) is 29.2 Å². The van der Waals surface area contributed by atoms with Gasteiger partial charge in [0, 0.05) is 41.1 Å². The van der Waals surface area contributed by atoms with Gasteiger partial charge in [-0.1, -0.05) is 30.3 Å². The van der Waals surface area contributed by atoms with Crippen molar-refractivity contribution in [1.82, 2.24) is 9.47 Å². The molecule has 3 rings (SSSR count). The first-order valence-electron chi connectivity index (χ1n) is 9.10. The molecule has 0 radical (unpaired) electrons. The van der Waals surface area contributed by atoms with Crippen LogP contribution in [-0.2, 0) is 13.1 Å². The number of alkyl halides is 4. The van der Waals surface area contributed by atoms with Crippen molar-refractivity contribution in [3.63, 3.8) is 0 Å². The third kappa shape index (κ3) is 4.51. The van der Waals surface area contributed by atoms with E-state index in [2.05, 4.69) is 6.58 Å². The van der Waals surface area contributed by atoms with E-state index in [1.54, 1.807) is 6.07 Å². The second kappa shape index (κ2) is 8.24. The average Bonchev–Trinajstić information content (AvgIpc) is 2.94. The Balaban J connectivity index is 1.91. The van der Waals surface area contributed by atoms with E-state index in [-0.39, 0.29) is 6.54 Å². The Bertz CT molecular complexity index is 988. The van der Waals surface area contributed by atoms with Crippen LogP contribution in [0.2, 0.25) is 5.02 Å². The van der Waals surface area contributed by atoms with Crippen molar-refractivity contribution in [3.05, 3.63) is 70.6 Å². The molecule has 3 nitrogen and oxygen atoms in total. The molecule has 8 heteroatoms. The van der Waals surface area contributed by atoms with Crippen molar-refractivity contribution >= 4 is 22.5 Å². The van der Waals surface area contributed by atoms with E-state index < -0.39 is 17.9 Å². The van der Waals surface area contributed by atoms with Gasteiger partial charge in [-0.3, -0.25) is 4.90 Å². The third-order valence-electron chi connectivity index (χ3n) is 5.07. The maximum atomic E-state index is 14.9. The molecule has 0 amide bonds. The Morgan fingerprint density at radius 2 is 2.07 bits per heavy atom. The molecule has 1 aliphatic rings. The smallest absolute Gasteiger partial charge is 0.404 e. The van der Waals surface area contributed by atoms with E-state index in [0.717, 1.165) is 22.5 Å². The summed E-state index contributed by atoms with van der Waals surface area (Å²) in [5, 5.41) is 1.46. The highest BCUT2D eigenvalue weighted by atomic mass is 35.5. The van der Waals surface area contributed by atoms with Gasteiger partial charge in [-0.2, -0.15) is 13.2 Å². The van der Waals surface area contributed by atoms with Crippen LogP contribution in [0, 0.1) is 0 Å². The predicted molar refractivity (Wildman–Crippen MR) is 108 cm³/mol. The fraction of sp³-hybridized carbons (Fsp3) is 0.333. The minimum Gasteiger partial charge on any atom is -0.404 e. The largest absolute Gasteiger partial charge is 0.415 e. The average molecular weight is 428 g/mol. The van der Waals surface area contributed by atoms with Gasteiger partial charge in [0.25, 0.3) is 0 Å². The first-order chi connectivity index (χ1) is 13.6. The lowest BCUT2D eigenvalue weighted by Gasteiger charge is -2.27. The highest BCUT2D eigenvalue weighted by Crippen LogP contribution is 2.38. The van der Waals surface area contributed by atoms with Crippen molar-refractivity contribution in [2.24, 2.45) is 5.73 Å². The van der Waals surface area contributed by atoms with Crippen LogP contribution in [0.5, 0.6) is 0 Å². The molecule has 0 fully saturated rings. The summed E-state index contributed by atoms with van der Waals surface area (Å²) in [6.07, 6.45) is -1.85. The minimum atomic E-state index is -4.49. The molecule has 2 heterocycles. The first kappa shape index (κ1) is 21.5. The standard InChI is InChI=1S/C21H22ClF4N3/c1-13(21(24,25)26)3-4-14(10-27)7-8-29-19-6-5-15(22)9-16(19)17-11-28(2)12-18(23)20(17)29/h3-6,9-10,18H,1,7-8,11-12,27H2,2H3/b4-3-,14-10+. The van der Waals surface area contributed by atoms with Gasteiger partial charge in [0.1, 0.15) is 0 Å². The SMILES string of the molecule is C=C(/C=C\C(=C/N)CCn1c2c(c3cc(Cl)ccc31)CN(C)CC2F)C(F)(F)F. The lowest BCUT2D eigenvalue weighted by molar-refractivity contribution is -0.0878. The van der Waals surface area contributed by atoms with Gasteiger partial charge in [0.05, 0.1) is 5.69 Å². The zero-order chi connectivity index (χ0) is 21.3. The monoisotopic (exact) mass is 427 g/mol. The second-order valence-corrected chi connectivity index (χ2v) is 7.63. The van der Waals surface area contributed by atoms with E-state index in [1.807, 2.05) is 28.6 Å². The molecule has 156 valence electrons. The first-order valence-corrected chi connectivity index (χ1v) is 9.47. The highest BCUT2D eigenvalue weighted by Gasteiger charge is 2.31. The van der Waals surface area contributed by atoms with Crippen molar-refractivity contribution in [3.8, 4) is 0 Å². The molecule has 1 unspecified atom stereocenters. The number of fused-ring (bicyclic) bond motifs is 3. The molecule has 1 aliphatic heterocycles. The van der Waals surface area contributed by atoms with E-state index in [4.69, 9.17) is 17.3 Å². The molecule has 29 heavy (non-hydrogen) atoms. The quantitative estimate of drug-likeness (QED) is 0.493. The molecule has 1 aromatic carbocycles.